The molecular formula is C50H54O9P2. The van der Waals surface area contributed by atoms with Gasteiger partial charge in [0.25, 0.3) is 0 Å². The first-order valence-electron chi connectivity index (χ1n) is 21.4. The van der Waals surface area contributed by atoms with Crippen molar-refractivity contribution < 1.29 is 41.6 Å². The third kappa shape index (κ3) is 10.1. The molecule has 11 heteroatoms. The number of carbonyl (C=O) groups excluding carboxylic acids is 2. The molecule has 0 amide bonds. The molecule has 5 aromatic rings. The van der Waals surface area contributed by atoms with Crippen LogP contribution in [0.25, 0.3) is 0 Å². The molecular weight excluding hydrogens is 806 g/mol. The summed E-state index contributed by atoms with van der Waals surface area (Å²) in [5, 5.41) is -1.51. The highest BCUT2D eigenvalue weighted by Gasteiger charge is 2.55. The number of ketones is 1. The zero-order chi connectivity index (χ0) is 42.3. The van der Waals surface area contributed by atoms with Crippen LogP contribution in [-0.2, 0) is 69.7 Å². The van der Waals surface area contributed by atoms with Crippen LogP contribution < -0.4 is 4.74 Å². The number of Topliss-reactive ketones (excluding diaryl/α,β-unsaturated/α-hetero) is 1. The van der Waals surface area contributed by atoms with Gasteiger partial charge in [0, 0.05) is 18.3 Å². The molecule has 5 aromatic carbocycles. The first-order valence-corrected chi connectivity index (χ1v) is 24.6. The molecule has 0 N–H and O–H groups in total. The maximum absolute atomic E-state index is 15.5. The van der Waals surface area contributed by atoms with E-state index in [1.54, 1.807) is 0 Å². The Bertz CT molecular complexity index is 2160. The van der Waals surface area contributed by atoms with Gasteiger partial charge < -0.3 is 22.8 Å². The predicted molar refractivity (Wildman–Crippen MR) is 235 cm³/mol. The van der Waals surface area contributed by atoms with Crippen molar-refractivity contribution in [3.63, 3.8) is 0 Å². The Hall–Kier alpha value is -4.46. The lowest BCUT2D eigenvalue weighted by atomic mass is 9.55. The van der Waals surface area contributed by atoms with Crippen LogP contribution in [0.2, 0.25) is 0 Å². The molecule has 61 heavy (non-hydrogen) atoms. The van der Waals surface area contributed by atoms with Crippen molar-refractivity contribution >= 4 is 26.9 Å². The first-order chi connectivity index (χ1) is 29.6. The highest BCUT2D eigenvalue weighted by molar-refractivity contribution is 7.72. The van der Waals surface area contributed by atoms with E-state index in [0.717, 1.165) is 54.4 Å². The molecule has 0 spiro atoms. The Morgan fingerprint density at radius 1 is 0.639 bits per heavy atom. The van der Waals surface area contributed by atoms with E-state index in [0.29, 0.717) is 35.7 Å². The van der Waals surface area contributed by atoms with Gasteiger partial charge in [-0.1, -0.05) is 134 Å². The van der Waals surface area contributed by atoms with Crippen molar-refractivity contribution in [3.05, 3.63) is 173 Å². The topological polar surface area (TPSA) is 114 Å². The number of hydrogen-bond donors (Lipinski definition) is 0. The van der Waals surface area contributed by atoms with Gasteiger partial charge in [0.2, 0.25) is 0 Å². The van der Waals surface area contributed by atoms with Crippen LogP contribution >= 0.6 is 15.2 Å². The average Bonchev–Trinajstić information content (AvgIpc) is 3.61. The van der Waals surface area contributed by atoms with Crippen molar-refractivity contribution in [2.24, 2.45) is 17.3 Å². The Kier molecular flexibility index (Phi) is 13.7. The lowest BCUT2D eigenvalue weighted by molar-refractivity contribution is -0.134. The fourth-order valence-electron chi connectivity index (χ4n) is 9.69. The van der Waals surface area contributed by atoms with Crippen LogP contribution in [0.15, 0.2) is 140 Å². The van der Waals surface area contributed by atoms with E-state index >= 15 is 9.13 Å². The molecule has 2 fully saturated rings. The summed E-state index contributed by atoms with van der Waals surface area (Å²) < 4.78 is 62.2. The van der Waals surface area contributed by atoms with Crippen molar-refractivity contribution in [1.82, 2.24) is 0 Å². The zero-order valence-corrected chi connectivity index (χ0v) is 36.4. The lowest BCUT2D eigenvalue weighted by Gasteiger charge is -2.48. The van der Waals surface area contributed by atoms with Gasteiger partial charge in [-0.3, -0.25) is 18.7 Å². The summed E-state index contributed by atoms with van der Waals surface area (Å²) in [7, 11) is -8.90. The van der Waals surface area contributed by atoms with Gasteiger partial charge in [-0.15, -0.1) is 0 Å². The van der Waals surface area contributed by atoms with Crippen LogP contribution in [0.3, 0.4) is 0 Å². The van der Waals surface area contributed by atoms with Gasteiger partial charge in [-0.25, -0.2) is 0 Å². The highest BCUT2D eigenvalue weighted by atomic mass is 31.2. The van der Waals surface area contributed by atoms with E-state index in [1.807, 2.05) is 133 Å². The predicted octanol–water partition coefficient (Wildman–Crippen LogP) is 12.4. The molecule has 9 nitrogen and oxygen atoms in total. The van der Waals surface area contributed by atoms with E-state index in [9.17, 15) is 9.59 Å². The van der Waals surface area contributed by atoms with Crippen LogP contribution in [0, 0.1) is 17.3 Å². The highest BCUT2D eigenvalue weighted by Crippen LogP contribution is 2.72. The monoisotopic (exact) mass is 860 g/mol. The lowest BCUT2D eigenvalue weighted by Crippen LogP contribution is -2.42. The summed E-state index contributed by atoms with van der Waals surface area (Å²) >= 11 is 0. The SMILES string of the molecule is C[C@]12CC[C@@H]3c4ccc(OC(=O)CCC(P(=O)(OCc5ccccc5)OCc5ccccc5)P(=O)(OCc5ccccc5)OCc5ccccc5)cc4CC[C@H]3[C@@H]1CCC2=O. The summed E-state index contributed by atoms with van der Waals surface area (Å²) in [6.45, 7) is 1.73. The van der Waals surface area contributed by atoms with Gasteiger partial charge in [-0.05, 0) is 102 Å². The normalized spacial score (nSPS) is 21.1. The second-order valence-electron chi connectivity index (χ2n) is 16.8. The quantitative estimate of drug-likeness (QED) is 0.0482. The maximum Gasteiger partial charge on any atom is 0.346 e. The molecule has 2 saturated carbocycles. The summed E-state index contributed by atoms with van der Waals surface area (Å²) in [5.74, 6) is 1.55. The second kappa shape index (κ2) is 19.3. The van der Waals surface area contributed by atoms with Crippen molar-refractivity contribution in [1.29, 1.82) is 0 Å². The molecule has 0 bridgehead atoms. The molecule has 0 heterocycles. The Balaban J connectivity index is 1.07. The number of fused-ring (bicyclic) bond motifs is 5. The van der Waals surface area contributed by atoms with E-state index in [-0.39, 0.29) is 44.7 Å². The molecule has 8 rings (SSSR count). The van der Waals surface area contributed by atoms with Crippen LogP contribution in [0.1, 0.15) is 91.2 Å². The van der Waals surface area contributed by atoms with Gasteiger partial charge in [-0.2, -0.15) is 0 Å². The third-order valence-corrected chi connectivity index (χ3v) is 18.6. The Morgan fingerprint density at radius 2 is 1.11 bits per heavy atom. The number of aryl methyl sites for hydroxylation is 1. The molecule has 3 aliphatic rings. The van der Waals surface area contributed by atoms with Gasteiger partial charge >= 0.3 is 21.2 Å². The fourth-order valence-corrected chi connectivity index (χ4v) is 14.9. The number of rotatable bonds is 18. The largest absolute Gasteiger partial charge is 0.427 e. The molecule has 0 saturated heterocycles. The summed E-state index contributed by atoms with van der Waals surface area (Å²) in [5.41, 5.74) is 5.17. The minimum atomic E-state index is -4.45. The van der Waals surface area contributed by atoms with Crippen LogP contribution in [-0.4, -0.2) is 17.2 Å². The van der Waals surface area contributed by atoms with Crippen molar-refractivity contribution in [2.75, 3.05) is 0 Å². The van der Waals surface area contributed by atoms with Gasteiger partial charge in [0.1, 0.15) is 11.5 Å². The standard InChI is InChI=1S/C50H54O9P2/c1-50-31-30-44-43-25-23-42(32-41(43)22-24-45(44)46(50)26-27-47(50)51)59-48(52)28-29-49(60(53,55-33-37-14-6-2-7-15-37)56-34-38-16-8-3-9-17-38)61(54,57-35-39-18-10-4-11-19-39)58-36-40-20-12-5-13-21-40/h2-21,23,25,32,44-46,49H,22,24,26-31,33-36H2,1H3/t44-,45-,46+,50+/m1/s1. The molecule has 0 unspecified atom stereocenters. The molecule has 0 radical (unpaired) electrons. The summed E-state index contributed by atoms with van der Waals surface area (Å²) in [4.78, 5) is 26.7. The molecule has 0 aliphatic heterocycles. The number of benzene rings is 5. The molecule has 4 atom stereocenters. The molecule has 318 valence electrons. The number of carbonyl (C=O) groups is 2. The third-order valence-electron chi connectivity index (χ3n) is 13.0. The second-order valence-corrected chi connectivity index (χ2v) is 21.6. The smallest absolute Gasteiger partial charge is 0.346 e. The van der Waals surface area contributed by atoms with Crippen molar-refractivity contribution in [3.8, 4) is 5.75 Å². The minimum absolute atomic E-state index is 0.113. The summed E-state index contributed by atoms with van der Waals surface area (Å²) in [6, 6.07) is 42.9. The fraction of sp³-hybridized carbons (Fsp3) is 0.360. The number of hydrogen-bond acceptors (Lipinski definition) is 9. The molecule has 3 aliphatic carbocycles. The average molecular weight is 861 g/mol. The Labute approximate surface area is 359 Å². The first kappa shape index (κ1) is 43.2. The number of esters is 1. The Morgan fingerprint density at radius 3 is 1.59 bits per heavy atom. The van der Waals surface area contributed by atoms with E-state index < -0.39 is 26.6 Å². The van der Waals surface area contributed by atoms with Crippen LogP contribution in [0.5, 0.6) is 5.75 Å². The maximum atomic E-state index is 15.5. The minimum Gasteiger partial charge on any atom is -0.427 e. The van der Waals surface area contributed by atoms with Crippen LogP contribution in [0.4, 0.5) is 0 Å². The van der Waals surface area contributed by atoms with Gasteiger partial charge in [0.05, 0.1) is 26.4 Å². The summed E-state index contributed by atoms with van der Waals surface area (Å²) in [6.07, 6.45) is 4.90. The van der Waals surface area contributed by atoms with E-state index in [2.05, 4.69) is 13.0 Å². The van der Waals surface area contributed by atoms with E-state index in [1.165, 1.54) is 11.1 Å². The molecule has 0 aromatic heterocycles. The zero-order valence-electron chi connectivity index (χ0n) is 34.6. The van der Waals surface area contributed by atoms with Gasteiger partial charge in [0.15, 0.2) is 5.40 Å². The van der Waals surface area contributed by atoms with Crippen molar-refractivity contribution in [2.45, 2.75) is 96.0 Å². The number of ether oxygens (including phenoxy) is 1. The van der Waals surface area contributed by atoms with E-state index in [4.69, 9.17) is 22.8 Å².